The summed E-state index contributed by atoms with van der Waals surface area (Å²) in [6.07, 6.45) is 2.46. The van der Waals surface area contributed by atoms with Crippen molar-refractivity contribution < 1.29 is 0 Å². The van der Waals surface area contributed by atoms with Crippen LogP contribution < -0.4 is 5.32 Å². The van der Waals surface area contributed by atoms with Gasteiger partial charge in [0.25, 0.3) is 0 Å². The Labute approximate surface area is 102 Å². The average Bonchev–Trinajstić information content (AvgIpc) is 2.92. The second-order valence-corrected chi connectivity index (χ2v) is 5.05. The average molecular weight is 229 g/mol. The number of nitrogens with one attached hydrogen (secondary N) is 1. The molecule has 1 aromatic heterocycles. The first kappa shape index (κ1) is 10.8. The van der Waals surface area contributed by atoms with Gasteiger partial charge in [-0.15, -0.1) is 0 Å². The summed E-state index contributed by atoms with van der Waals surface area (Å²) in [5.74, 6) is 1.19. The van der Waals surface area contributed by atoms with Gasteiger partial charge in [0.05, 0.1) is 17.1 Å². The van der Waals surface area contributed by atoms with Crippen molar-refractivity contribution in [2.24, 2.45) is 7.05 Å². The standard InChI is InChI=1S/C14H19N3/c1-9-6-7-12-13(10(9)2)16-14(17(12)3)11-5-4-8-15-11/h6-7,11,15H,4-5,8H2,1-3H3. The van der Waals surface area contributed by atoms with Crippen molar-refractivity contribution in [3.05, 3.63) is 29.1 Å². The fourth-order valence-corrected chi connectivity index (χ4v) is 2.73. The first-order valence-electron chi connectivity index (χ1n) is 6.34. The van der Waals surface area contributed by atoms with E-state index in [9.17, 15) is 0 Å². The molecule has 2 aromatic rings. The molecule has 0 amide bonds. The van der Waals surface area contributed by atoms with Gasteiger partial charge < -0.3 is 9.88 Å². The number of imidazole rings is 1. The third kappa shape index (κ3) is 1.57. The lowest BCUT2D eigenvalue weighted by molar-refractivity contribution is 0.584. The van der Waals surface area contributed by atoms with Crippen LogP contribution in [0.1, 0.15) is 35.8 Å². The molecule has 0 saturated carbocycles. The van der Waals surface area contributed by atoms with E-state index >= 15 is 0 Å². The summed E-state index contributed by atoms with van der Waals surface area (Å²) in [5.41, 5.74) is 5.04. The Hall–Kier alpha value is -1.35. The Morgan fingerprint density at radius 1 is 1.35 bits per heavy atom. The fourth-order valence-electron chi connectivity index (χ4n) is 2.73. The molecular formula is C14H19N3. The van der Waals surface area contributed by atoms with E-state index in [1.54, 1.807) is 0 Å². The molecule has 1 N–H and O–H groups in total. The minimum Gasteiger partial charge on any atom is -0.330 e. The lowest BCUT2D eigenvalue weighted by atomic mass is 10.1. The molecule has 17 heavy (non-hydrogen) atoms. The van der Waals surface area contributed by atoms with Crippen molar-refractivity contribution in [1.29, 1.82) is 0 Å². The smallest absolute Gasteiger partial charge is 0.126 e. The largest absolute Gasteiger partial charge is 0.330 e. The molecule has 90 valence electrons. The predicted molar refractivity (Wildman–Crippen MR) is 70.2 cm³/mol. The Bertz CT molecular complexity index is 562. The van der Waals surface area contributed by atoms with Crippen LogP contribution in [0.5, 0.6) is 0 Å². The quantitative estimate of drug-likeness (QED) is 0.814. The molecule has 0 bridgehead atoms. The van der Waals surface area contributed by atoms with Gasteiger partial charge in [-0.25, -0.2) is 4.98 Å². The molecule has 0 aliphatic carbocycles. The number of hydrogen-bond acceptors (Lipinski definition) is 2. The molecule has 1 unspecified atom stereocenters. The van der Waals surface area contributed by atoms with Gasteiger partial charge in [0, 0.05) is 7.05 Å². The summed E-state index contributed by atoms with van der Waals surface area (Å²) in [7, 11) is 2.12. The second kappa shape index (κ2) is 3.84. The highest BCUT2D eigenvalue weighted by atomic mass is 15.1. The molecule has 1 aliphatic heterocycles. The first-order valence-corrected chi connectivity index (χ1v) is 6.34. The zero-order valence-electron chi connectivity index (χ0n) is 10.7. The zero-order chi connectivity index (χ0) is 12.0. The van der Waals surface area contributed by atoms with Crippen LogP contribution in [0.15, 0.2) is 12.1 Å². The summed E-state index contributed by atoms with van der Waals surface area (Å²) in [6.45, 7) is 5.43. The van der Waals surface area contributed by atoms with E-state index in [4.69, 9.17) is 4.98 Å². The van der Waals surface area contributed by atoms with Crippen molar-refractivity contribution in [2.45, 2.75) is 32.7 Å². The van der Waals surface area contributed by atoms with Gasteiger partial charge >= 0.3 is 0 Å². The molecule has 3 rings (SSSR count). The Balaban J connectivity index is 2.20. The highest BCUT2D eigenvalue weighted by Crippen LogP contribution is 2.27. The van der Waals surface area contributed by atoms with E-state index in [1.165, 1.54) is 35.3 Å². The highest BCUT2D eigenvalue weighted by molar-refractivity contribution is 5.80. The fraction of sp³-hybridized carbons (Fsp3) is 0.500. The van der Waals surface area contributed by atoms with Crippen molar-refractivity contribution in [2.75, 3.05) is 6.54 Å². The third-order valence-electron chi connectivity index (χ3n) is 3.98. The highest BCUT2D eigenvalue weighted by Gasteiger charge is 2.22. The minimum absolute atomic E-state index is 0.437. The number of aryl methyl sites for hydroxylation is 3. The Morgan fingerprint density at radius 2 is 2.18 bits per heavy atom. The van der Waals surface area contributed by atoms with E-state index < -0.39 is 0 Å². The van der Waals surface area contributed by atoms with Crippen LogP contribution in [0.3, 0.4) is 0 Å². The summed E-state index contributed by atoms with van der Waals surface area (Å²) < 4.78 is 2.24. The van der Waals surface area contributed by atoms with E-state index in [0.29, 0.717) is 6.04 Å². The van der Waals surface area contributed by atoms with E-state index in [2.05, 4.69) is 42.9 Å². The molecule has 3 nitrogen and oxygen atoms in total. The van der Waals surface area contributed by atoms with Gasteiger partial charge in [-0.2, -0.15) is 0 Å². The minimum atomic E-state index is 0.437. The number of fused-ring (bicyclic) bond motifs is 1. The normalized spacial score (nSPS) is 20.3. The number of hydrogen-bond donors (Lipinski definition) is 1. The molecule has 1 aromatic carbocycles. The van der Waals surface area contributed by atoms with Crippen LogP contribution in [0.25, 0.3) is 11.0 Å². The summed E-state index contributed by atoms with van der Waals surface area (Å²) >= 11 is 0. The van der Waals surface area contributed by atoms with Gasteiger partial charge in [0.1, 0.15) is 5.82 Å². The maximum atomic E-state index is 4.86. The Kier molecular flexibility index (Phi) is 2.44. The van der Waals surface area contributed by atoms with Crippen molar-refractivity contribution in [1.82, 2.24) is 14.9 Å². The van der Waals surface area contributed by atoms with E-state index in [0.717, 1.165) is 12.1 Å². The molecule has 3 heteroatoms. The molecular weight excluding hydrogens is 210 g/mol. The SMILES string of the molecule is Cc1ccc2c(nc(C3CCCN3)n2C)c1C. The lowest BCUT2D eigenvalue weighted by Gasteiger charge is -2.09. The van der Waals surface area contributed by atoms with Gasteiger partial charge in [-0.05, 0) is 50.4 Å². The van der Waals surface area contributed by atoms with Crippen LogP contribution in [-0.4, -0.2) is 16.1 Å². The Morgan fingerprint density at radius 3 is 2.88 bits per heavy atom. The number of nitrogens with zero attached hydrogens (tertiary/aromatic N) is 2. The van der Waals surface area contributed by atoms with E-state index in [1.807, 2.05) is 0 Å². The molecule has 1 fully saturated rings. The van der Waals surface area contributed by atoms with Crippen molar-refractivity contribution in [3.63, 3.8) is 0 Å². The van der Waals surface area contributed by atoms with Crippen LogP contribution in [0.2, 0.25) is 0 Å². The molecule has 0 radical (unpaired) electrons. The maximum absolute atomic E-state index is 4.86. The van der Waals surface area contributed by atoms with Crippen molar-refractivity contribution >= 4 is 11.0 Å². The second-order valence-electron chi connectivity index (χ2n) is 5.05. The monoisotopic (exact) mass is 229 g/mol. The molecule has 1 saturated heterocycles. The van der Waals surface area contributed by atoms with Crippen molar-refractivity contribution in [3.8, 4) is 0 Å². The van der Waals surface area contributed by atoms with Crippen LogP contribution in [0.4, 0.5) is 0 Å². The van der Waals surface area contributed by atoms with Crippen LogP contribution in [0, 0.1) is 13.8 Å². The summed E-state index contributed by atoms with van der Waals surface area (Å²) in [5, 5.41) is 3.53. The van der Waals surface area contributed by atoms with E-state index in [-0.39, 0.29) is 0 Å². The number of rotatable bonds is 1. The molecule has 1 aliphatic rings. The number of aromatic nitrogens is 2. The maximum Gasteiger partial charge on any atom is 0.126 e. The molecule has 2 heterocycles. The number of benzene rings is 1. The zero-order valence-corrected chi connectivity index (χ0v) is 10.7. The van der Waals surface area contributed by atoms with Gasteiger partial charge in [-0.1, -0.05) is 6.07 Å². The topological polar surface area (TPSA) is 29.9 Å². The lowest BCUT2D eigenvalue weighted by Crippen LogP contribution is -2.16. The molecule has 1 atom stereocenters. The predicted octanol–water partition coefficient (Wildman–Crippen LogP) is 2.61. The van der Waals surface area contributed by atoms with Gasteiger partial charge in [0.2, 0.25) is 0 Å². The molecule has 0 spiro atoms. The summed E-state index contributed by atoms with van der Waals surface area (Å²) in [6, 6.07) is 4.81. The van der Waals surface area contributed by atoms with Crippen LogP contribution >= 0.6 is 0 Å². The van der Waals surface area contributed by atoms with Crippen LogP contribution in [-0.2, 0) is 7.05 Å². The third-order valence-corrected chi connectivity index (χ3v) is 3.98. The van der Waals surface area contributed by atoms with Gasteiger partial charge in [-0.3, -0.25) is 0 Å². The first-order chi connectivity index (χ1) is 8.18. The summed E-state index contributed by atoms with van der Waals surface area (Å²) in [4.78, 5) is 4.86. The van der Waals surface area contributed by atoms with Gasteiger partial charge in [0.15, 0.2) is 0 Å².